The highest BCUT2D eigenvalue weighted by molar-refractivity contribution is 5.85. The lowest BCUT2D eigenvalue weighted by Gasteiger charge is -2.23. The molecule has 0 saturated carbocycles. The van der Waals surface area contributed by atoms with Gasteiger partial charge in [0.25, 0.3) is 0 Å². The zero-order valence-corrected chi connectivity index (χ0v) is 11.9. The standard InChI is InChI=1S/C18H16N2O2/c19-17(18(21)22)16(12-6-2-1-3-7-12)14-8-4-10-15-13(14)9-5-11-20-15/h1-11,16-17H,19H2,(H,21,22)/t16?,17-/m1/s1. The molecule has 0 spiro atoms. The summed E-state index contributed by atoms with van der Waals surface area (Å²) >= 11 is 0. The summed E-state index contributed by atoms with van der Waals surface area (Å²) in [6, 6.07) is 18.0. The minimum atomic E-state index is -1.02. The molecule has 4 nitrogen and oxygen atoms in total. The lowest BCUT2D eigenvalue weighted by Crippen LogP contribution is -2.37. The molecule has 0 bridgehead atoms. The van der Waals surface area contributed by atoms with Gasteiger partial charge in [-0.25, -0.2) is 0 Å². The van der Waals surface area contributed by atoms with Crippen LogP contribution in [-0.2, 0) is 4.79 Å². The minimum Gasteiger partial charge on any atom is -0.480 e. The van der Waals surface area contributed by atoms with Gasteiger partial charge in [0.05, 0.1) is 5.52 Å². The van der Waals surface area contributed by atoms with Gasteiger partial charge in [-0.15, -0.1) is 0 Å². The Morgan fingerprint density at radius 3 is 2.50 bits per heavy atom. The molecular formula is C18H16N2O2. The van der Waals surface area contributed by atoms with E-state index in [0.717, 1.165) is 22.0 Å². The molecule has 1 unspecified atom stereocenters. The number of aliphatic carboxylic acids is 1. The number of rotatable bonds is 4. The maximum atomic E-state index is 11.5. The second-order valence-electron chi connectivity index (χ2n) is 5.17. The smallest absolute Gasteiger partial charge is 0.321 e. The fourth-order valence-electron chi connectivity index (χ4n) is 2.78. The molecule has 110 valence electrons. The van der Waals surface area contributed by atoms with Crippen LogP contribution >= 0.6 is 0 Å². The van der Waals surface area contributed by atoms with Gasteiger partial charge in [0, 0.05) is 17.5 Å². The van der Waals surface area contributed by atoms with Crippen LogP contribution in [-0.4, -0.2) is 22.1 Å². The van der Waals surface area contributed by atoms with Crippen molar-refractivity contribution in [1.82, 2.24) is 4.98 Å². The molecule has 2 atom stereocenters. The molecule has 0 saturated heterocycles. The number of fused-ring (bicyclic) bond motifs is 1. The minimum absolute atomic E-state index is 0.424. The molecule has 1 aromatic heterocycles. The van der Waals surface area contributed by atoms with E-state index in [1.807, 2.05) is 60.7 Å². The van der Waals surface area contributed by atoms with Crippen LogP contribution in [0, 0.1) is 0 Å². The fourth-order valence-corrected chi connectivity index (χ4v) is 2.78. The molecule has 0 aliphatic carbocycles. The number of nitrogens with zero attached hydrogens (tertiary/aromatic N) is 1. The first kappa shape index (κ1) is 14.2. The summed E-state index contributed by atoms with van der Waals surface area (Å²) < 4.78 is 0. The van der Waals surface area contributed by atoms with Gasteiger partial charge in [-0.2, -0.15) is 0 Å². The Labute approximate surface area is 128 Å². The van der Waals surface area contributed by atoms with Crippen molar-refractivity contribution in [1.29, 1.82) is 0 Å². The van der Waals surface area contributed by atoms with Gasteiger partial charge in [0.15, 0.2) is 0 Å². The first-order valence-electron chi connectivity index (χ1n) is 7.05. The third-order valence-corrected chi connectivity index (χ3v) is 3.82. The number of hydrogen-bond donors (Lipinski definition) is 2. The van der Waals surface area contributed by atoms with Crippen LogP contribution < -0.4 is 5.73 Å². The highest BCUT2D eigenvalue weighted by Gasteiger charge is 2.28. The van der Waals surface area contributed by atoms with Crippen molar-refractivity contribution < 1.29 is 9.90 Å². The number of carboxylic acid groups (broad SMARTS) is 1. The average Bonchev–Trinajstić information content (AvgIpc) is 2.56. The van der Waals surface area contributed by atoms with Crippen LogP contribution in [0.1, 0.15) is 17.0 Å². The molecule has 22 heavy (non-hydrogen) atoms. The van der Waals surface area contributed by atoms with E-state index in [1.54, 1.807) is 6.20 Å². The van der Waals surface area contributed by atoms with Crippen LogP contribution in [0.4, 0.5) is 0 Å². The Morgan fingerprint density at radius 1 is 1.00 bits per heavy atom. The molecule has 0 amide bonds. The molecule has 0 fully saturated rings. The first-order chi connectivity index (χ1) is 10.7. The number of pyridine rings is 1. The lowest BCUT2D eigenvalue weighted by atomic mass is 9.83. The van der Waals surface area contributed by atoms with E-state index in [4.69, 9.17) is 5.73 Å². The summed E-state index contributed by atoms with van der Waals surface area (Å²) in [4.78, 5) is 15.8. The molecule has 3 aromatic rings. The van der Waals surface area contributed by atoms with E-state index >= 15 is 0 Å². The number of nitrogens with two attached hydrogens (primary N) is 1. The van der Waals surface area contributed by atoms with Gasteiger partial charge in [0.1, 0.15) is 6.04 Å². The third kappa shape index (κ3) is 2.56. The molecule has 3 rings (SSSR count). The van der Waals surface area contributed by atoms with Crippen LogP contribution in [0.15, 0.2) is 66.9 Å². The van der Waals surface area contributed by atoms with Gasteiger partial charge in [0.2, 0.25) is 0 Å². The van der Waals surface area contributed by atoms with Crippen molar-refractivity contribution in [2.45, 2.75) is 12.0 Å². The van der Waals surface area contributed by atoms with Crippen molar-refractivity contribution in [3.05, 3.63) is 78.0 Å². The molecule has 0 radical (unpaired) electrons. The van der Waals surface area contributed by atoms with Gasteiger partial charge >= 0.3 is 5.97 Å². The average molecular weight is 292 g/mol. The maximum absolute atomic E-state index is 11.5. The SMILES string of the molecule is N[C@@H](C(=O)O)C(c1ccccc1)c1cccc2ncccc12. The molecule has 2 aromatic carbocycles. The van der Waals surface area contributed by atoms with Crippen molar-refractivity contribution in [2.75, 3.05) is 0 Å². The molecule has 1 heterocycles. The number of carboxylic acids is 1. The predicted molar refractivity (Wildman–Crippen MR) is 85.6 cm³/mol. The third-order valence-electron chi connectivity index (χ3n) is 3.82. The van der Waals surface area contributed by atoms with E-state index in [2.05, 4.69) is 4.98 Å². The number of aromatic nitrogens is 1. The Balaban J connectivity index is 2.23. The maximum Gasteiger partial charge on any atom is 0.321 e. The van der Waals surface area contributed by atoms with E-state index in [1.165, 1.54) is 0 Å². The van der Waals surface area contributed by atoms with E-state index in [9.17, 15) is 9.90 Å². The van der Waals surface area contributed by atoms with Gasteiger partial charge in [-0.3, -0.25) is 9.78 Å². The summed E-state index contributed by atoms with van der Waals surface area (Å²) in [5.41, 5.74) is 8.59. The molecule has 4 heteroatoms. The largest absolute Gasteiger partial charge is 0.480 e. The van der Waals surface area contributed by atoms with Crippen molar-refractivity contribution in [2.24, 2.45) is 5.73 Å². The Morgan fingerprint density at radius 2 is 1.77 bits per heavy atom. The zero-order chi connectivity index (χ0) is 15.5. The van der Waals surface area contributed by atoms with Crippen LogP contribution in [0.25, 0.3) is 10.9 Å². The van der Waals surface area contributed by atoms with Crippen molar-refractivity contribution >= 4 is 16.9 Å². The van der Waals surface area contributed by atoms with E-state index in [0.29, 0.717) is 0 Å². The highest BCUT2D eigenvalue weighted by atomic mass is 16.4. The highest BCUT2D eigenvalue weighted by Crippen LogP contribution is 2.32. The van der Waals surface area contributed by atoms with Gasteiger partial charge in [-0.05, 0) is 23.3 Å². The predicted octanol–water partition coefficient (Wildman–Crippen LogP) is 2.78. The quantitative estimate of drug-likeness (QED) is 0.775. The lowest BCUT2D eigenvalue weighted by molar-refractivity contribution is -0.138. The summed E-state index contributed by atoms with van der Waals surface area (Å²) in [6.07, 6.45) is 1.72. The number of hydrogen-bond acceptors (Lipinski definition) is 3. The molecule has 0 aliphatic heterocycles. The Hall–Kier alpha value is -2.72. The topological polar surface area (TPSA) is 76.2 Å². The number of benzene rings is 2. The van der Waals surface area contributed by atoms with Gasteiger partial charge in [-0.1, -0.05) is 48.5 Å². The Kier molecular flexibility index (Phi) is 3.85. The molecule has 0 aliphatic rings. The fraction of sp³-hybridized carbons (Fsp3) is 0.111. The monoisotopic (exact) mass is 292 g/mol. The zero-order valence-electron chi connectivity index (χ0n) is 11.9. The first-order valence-corrected chi connectivity index (χ1v) is 7.05. The van der Waals surface area contributed by atoms with Crippen LogP contribution in [0.3, 0.4) is 0 Å². The van der Waals surface area contributed by atoms with Crippen LogP contribution in [0.2, 0.25) is 0 Å². The van der Waals surface area contributed by atoms with E-state index in [-0.39, 0.29) is 0 Å². The summed E-state index contributed by atoms with van der Waals surface area (Å²) in [7, 11) is 0. The second-order valence-corrected chi connectivity index (χ2v) is 5.17. The van der Waals surface area contributed by atoms with Gasteiger partial charge < -0.3 is 10.8 Å². The summed E-state index contributed by atoms with van der Waals surface area (Å²) in [5, 5.41) is 10.3. The Bertz CT molecular complexity index is 797. The normalized spacial score (nSPS) is 13.7. The van der Waals surface area contributed by atoms with Crippen molar-refractivity contribution in [3.8, 4) is 0 Å². The molecule has 3 N–H and O–H groups in total. The molecular weight excluding hydrogens is 276 g/mol. The summed E-state index contributed by atoms with van der Waals surface area (Å²) in [5.74, 6) is -1.44. The van der Waals surface area contributed by atoms with Crippen LogP contribution in [0.5, 0.6) is 0 Å². The van der Waals surface area contributed by atoms with E-state index < -0.39 is 17.9 Å². The number of carbonyl (C=O) groups is 1. The second kappa shape index (κ2) is 5.95. The van der Waals surface area contributed by atoms with Crippen molar-refractivity contribution in [3.63, 3.8) is 0 Å². The summed E-state index contributed by atoms with van der Waals surface area (Å²) in [6.45, 7) is 0.